The van der Waals surface area contributed by atoms with Gasteiger partial charge >= 0.3 is 0 Å². The van der Waals surface area contributed by atoms with Crippen LogP contribution in [0.25, 0.3) is 0 Å². The second-order valence-electron chi connectivity index (χ2n) is 4.71. The van der Waals surface area contributed by atoms with Crippen LogP contribution in [-0.2, 0) is 4.79 Å². The molecule has 0 aliphatic heterocycles. The first kappa shape index (κ1) is 15.2. The quantitative estimate of drug-likeness (QED) is 0.761. The molecule has 0 atom stereocenters. The fraction of sp³-hybridized carbons (Fsp3) is 0.375. The first-order valence-corrected chi connectivity index (χ1v) is 6.49. The van der Waals surface area contributed by atoms with E-state index >= 15 is 0 Å². The first-order valence-electron chi connectivity index (χ1n) is 6.49. The summed E-state index contributed by atoms with van der Waals surface area (Å²) in [5.41, 5.74) is 4.17. The van der Waals surface area contributed by atoms with E-state index in [0.717, 1.165) is 23.5 Å². The van der Waals surface area contributed by atoms with Crippen molar-refractivity contribution in [2.24, 2.45) is 4.99 Å². The van der Waals surface area contributed by atoms with Gasteiger partial charge in [-0.3, -0.25) is 9.79 Å². The maximum absolute atomic E-state index is 11.3. The van der Waals surface area contributed by atoms with Crippen molar-refractivity contribution in [3.63, 3.8) is 0 Å². The largest absolute Gasteiger partial charge is 0.316 e. The van der Waals surface area contributed by atoms with Crippen LogP contribution in [0.15, 0.2) is 40.9 Å². The van der Waals surface area contributed by atoms with E-state index in [1.54, 1.807) is 18.9 Å². The summed E-state index contributed by atoms with van der Waals surface area (Å²) in [4.78, 5) is 17.4. The van der Waals surface area contributed by atoms with Gasteiger partial charge in [-0.15, -0.1) is 0 Å². The van der Waals surface area contributed by atoms with E-state index in [-0.39, 0.29) is 5.91 Å². The summed E-state index contributed by atoms with van der Waals surface area (Å²) in [6.45, 7) is 8.46. The second kappa shape index (κ2) is 6.88. The zero-order chi connectivity index (χ0) is 14.4. The monoisotopic (exact) mass is 258 g/mol. The van der Waals surface area contributed by atoms with E-state index < -0.39 is 0 Å². The van der Waals surface area contributed by atoms with Crippen molar-refractivity contribution < 1.29 is 4.79 Å². The number of amides is 1. The molecule has 0 heterocycles. The summed E-state index contributed by atoms with van der Waals surface area (Å²) in [6.07, 6.45) is 2.08. The summed E-state index contributed by atoms with van der Waals surface area (Å²) >= 11 is 0. The van der Waals surface area contributed by atoms with Gasteiger partial charge in [-0.1, -0.05) is 17.7 Å². The third-order valence-electron chi connectivity index (χ3n) is 2.78. The number of nitrogens with zero attached hydrogens (tertiary/aromatic N) is 2. The molecule has 0 saturated carbocycles. The minimum absolute atomic E-state index is 0.0273. The van der Waals surface area contributed by atoms with E-state index in [9.17, 15) is 4.79 Å². The highest BCUT2D eigenvalue weighted by atomic mass is 16.2. The highest BCUT2D eigenvalue weighted by Gasteiger charge is 2.06. The predicted octanol–water partition coefficient (Wildman–Crippen LogP) is 3.44. The molecule has 0 unspecified atom stereocenters. The van der Waals surface area contributed by atoms with Crippen molar-refractivity contribution in [1.29, 1.82) is 0 Å². The lowest BCUT2D eigenvalue weighted by molar-refractivity contribution is -0.116. The Balaban J connectivity index is 3.06. The van der Waals surface area contributed by atoms with Crippen molar-refractivity contribution in [3.05, 3.63) is 41.5 Å². The maximum Gasteiger partial charge on any atom is 0.223 e. The van der Waals surface area contributed by atoms with Crippen LogP contribution in [-0.4, -0.2) is 25.2 Å². The number of hydrogen-bond donors (Lipinski definition) is 0. The third kappa shape index (κ3) is 4.36. The Kier molecular flexibility index (Phi) is 5.49. The van der Waals surface area contributed by atoms with Crippen LogP contribution in [0.5, 0.6) is 0 Å². The Morgan fingerprint density at radius 1 is 1.21 bits per heavy atom. The number of aliphatic imine (C=N–C) groups is 1. The SMILES string of the molecule is CCN=C(C=C(C)C)c1ccc(N(C)C(C)=O)cc1. The van der Waals surface area contributed by atoms with Crippen LogP contribution in [0, 0.1) is 0 Å². The van der Waals surface area contributed by atoms with Gasteiger partial charge in [0.2, 0.25) is 5.91 Å². The van der Waals surface area contributed by atoms with Gasteiger partial charge in [0.15, 0.2) is 0 Å². The van der Waals surface area contributed by atoms with Crippen molar-refractivity contribution in [2.45, 2.75) is 27.7 Å². The zero-order valence-corrected chi connectivity index (χ0v) is 12.4. The van der Waals surface area contributed by atoms with Crippen LogP contribution in [0.3, 0.4) is 0 Å². The van der Waals surface area contributed by atoms with E-state index in [0.29, 0.717) is 0 Å². The molecule has 102 valence electrons. The maximum atomic E-state index is 11.3. The molecule has 0 spiro atoms. The zero-order valence-electron chi connectivity index (χ0n) is 12.4. The standard InChI is InChI=1S/C16H22N2O/c1-6-17-16(11-12(2)3)14-7-9-15(10-8-14)18(5)13(4)19/h7-11H,6H2,1-5H3. The molecule has 19 heavy (non-hydrogen) atoms. The van der Waals surface area contributed by atoms with E-state index in [4.69, 9.17) is 0 Å². The smallest absolute Gasteiger partial charge is 0.223 e. The fourth-order valence-electron chi connectivity index (χ4n) is 1.70. The van der Waals surface area contributed by atoms with Gasteiger partial charge in [-0.05, 0) is 44.5 Å². The Labute approximate surface area is 115 Å². The molecule has 1 rings (SSSR count). The molecule has 1 aromatic rings. The van der Waals surface area contributed by atoms with Gasteiger partial charge in [0.05, 0.1) is 5.71 Å². The number of carbonyl (C=O) groups is 1. The average molecular weight is 258 g/mol. The van der Waals surface area contributed by atoms with Crippen LogP contribution in [0.4, 0.5) is 5.69 Å². The number of hydrogen-bond acceptors (Lipinski definition) is 2. The van der Waals surface area contributed by atoms with E-state index in [1.165, 1.54) is 5.57 Å². The Morgan fingerprint density at radius 2 is 1.79 bits per heavy atom. The second-order valence-corrected chi connectivity index (χ2v) is 4.71. The summed E-state index contributed by atoms with van der Waals surface area (Å²) < 4.78 is 0. The molecule has 0 fully saturated rings. The number of benzene rings is 1. The van der Waals surface area contributed by atoms with Crippen molar-refractivity contribution in [3.8, 4) is 0 Å². The van der Waals surface area contributed by atoms with Crippen molar-refractivity contribution in [2.75, 3.05) is 18.5 Å². The highest BCUT2D eigenvalue weighted by Crippen LogP contribution is 2.15. The molecule has 0 aliphatic rings. The van der Waals surface area contributed by atoms with Crippen molar-refractivity contribution >= 4 is 17.3 Å². The van der Waals surface area contributed by atoms with Gasteiger partial charge in [-0.25, -0.2) is 0 Å². The minimum atomic E-state index is 0.0273. The number of allylic oxidation sites excluding steroid dienone is 2. The topological polar surface area (TPSA) is 32.7 Å². The molecule has 0 saturated heterocycles. The van der Waals surface area contributed by atoms with Gasteiger partial charge < -0.3 is 4.90 Å². The summed E-state index contributed by atoms with van der Waals surface area (Å²) in [5.74, 6) is 0.0273. The molecule has 0 bridgehead atoms. The summed E-state index contributed by atoms with van der Waals surface area (Å²) in [5, 5.41) is 0. The van der Waals surface area contributed by atoms with Gasteiger partial charge in [0.1, 0.15) is 0 Å². The van der Waals surface area contributed by atoms with E-state index in [2.05, 4.69) is 24.9 Å². The van der Waals surface area contributed by atoms with Crippen LogP contribution in [0.1, 0.15) is 33.3 Å². The molecular weight excluding hydrogens is 236 g/mol. The minimum Gasteiger partial charge on any atom is -0.316 e. The lowest BCUT2D eigenvalue weighted by Gasteiger charge is -2.15. The number of carbonyl (C=O) groups excluding carboxylic acids is 1. The Hall–Kier alpha value is -1.90. The number of anilines is 1. The lowest BCUT2D eigenvalue weighted by Crippen LogP contribution is -2.22. The van der Waals surface area contributed by atoms with Gasteiger partial charge in [0, 0.05) is 26.2 Å². The fourth-order valence-corrected chi connectivity index (χ4v) is 1.70. The van der Waals surface area contributed by atoms with Crippen LogP contribution >= 0.6 is 0 Å². The molecule has 0 aliphatic carbocycles. The summed E-state index contributed by atoms with van der Waals surface area (Å²) in [7, 11) is 1.77. The molecule has 1 amide bonds. The van der Waals surface area contributed by atoms with E-state index in [1.807, 2.05) is 31.2 Å². The average Bonchev–Trinajstić information content (AvgIpc) is 2.37. The van der Waals surface area contributed by atoms with Crippen molar-refractivity contribution in [1.82, 2.24) is 0 Å². The molecule has 3 nitrogen and oxygen atoms in total. The lowest BCUT2D eigenvalue weighted by atomic mass is 10.1. The first-order chi connectivity index (χ1) is 8.95. The predicted molar refractivity (Wildman–Crippen MR) is 82.0 cm³/mol. The van der Waals surface area contributed by atoms with Gasteiger partial charge in [-0.2, -0.15) is 0 Å². The highest BCUT2D eigenvalue weighted by molar-refractivity contribution is 6.09. The molecule has 0 radical (unpaired) electrons. The molecular formula is C16H22N2O. The van der Waals surface area contributed by atoms with Gasteiger partial charge in [0.25, 0.3) is 0 Å². The molecule has 0 N–H and O–H groups in total. The Morgan fingerprint density at radius 3 is 2.21 bits per heavy atom. The molecule has 1 aromatic carbocycles. The number of rotatable bonds is 4. The third-order valence-corrected chi connectivity index (χ3v) is 2.78. The van der Waals surface area contributed by atoms with Crippen LogP contribution in [0.2, 0.25) is 0 Å². The molecule has 0 aromatic heterocycles. The summed E-state index contributed by atoms with van der Waals surface area (Å²) in [6, 6.07) is 7.90. The molecule has 3 heteroatoms. The normalized spacial score (nSPS) is 11.1. The van der Waals surface area contributed by atoms with Crippen LogP contribution < -0.4 is 4.90 Å². The Bertz CT molecular complexity index is 494.